The van der Waals surface area contributed by atoms with Crippen LogP contribution >= 0.6 is 0 Å². The number of para-hydroxylation sites is 1. The van der Waals surface area contributed by atoms with E-state index in [2.05, 4.69) is 5.32 Å². The van der Waals surface area contributed by atoms with Crippen LogP contribution in [0, 0.1) is 13.8 Å². The summed E-state index contributed by atoms with van der Waals surface area (Å²) in [5, 5.41) is 2.89. The average Bonchev–Trinajstić information content (AvgIpc) is 2.11. The summed E-state index contributed by atoms with van der Waals surface area (Å²) in [6.07, 6.45) is 0.522. The monoisotopic (exact) mass is 177 g/mol. The number of carbonyl (C=O) groups excluding carboxylic acids is 1. The van der Waals surface area contributed by atoms with Crippen LogP contribution in [0.15, 0.2) is 18.2 Å². The lowest BCUT2D eigenvalue weighted by atomic mass is 10.1. The van der Waals surface area contributed by atoms with Gasteiger partial charge in [-0.1, -0.05) is 25.1 Å². The number of hydrogen-bond donors (Lipinski definition) is 1. The molecule has 0 radical (unpaired) electrons. The largest absolute Gasteiger partial charge is 0.326 e. The summed E-state index contributed by atoms with van der Waals surface area (Å²) in [6.45, 7) is 5.85. The van der Waals surface area contributed by atoms with Crippen molar-refractivity contribution < 1.29 is 4.79 Å². The Morgan fingerprint density at radius 2 is 1.85 bits per heavy atom. The number of nitrogens with one attached hydrogen (secondary N) is 1. The molecule has 0 fully saturated rings. The van der Waals surface area contributed by atoms with E-state index in [1.54, 1.807) is 0 Å². The highest BCUT2D eigenvalue weighted by molar-refractivity contribution is 5.92. The first-order valence-electron chi connectivity index (χ1n) is 4.51. The first-order chi connectivity index (χ1) is 6.15. The zero-order valence-electron chi connectivity index (χ0n) is 8.35. The number of benzene rings is 1. The maximum atomic E-state index is 11.2. The molecule has 0 saturated heterocycles. The summed E-state index contributed by atoms with van der Waals surface area (Å²) in [5.74, 6) is 0.0670. The van der Waals surface area contributed by atoms with E-state index in [1.165, 1.54) is 0 Å². The molecule has 0 aliphatic heterocycles. The molecule has 1 aromatic carbocycles. The Hall–Kier alpha value is -1.31. The summed E-state index contributed by atoms with van der Waals surface area (Å²) >= 11 is 0. The Morgan fingerprint density at radius 3 is 2.31 bits per heavy atom. The number of rotatable bonds is 2. The normalized spacial score (nSPS) is 9.77. The molecule has 0 aromatic heterocycles. The second-order valence-electron chi connectivity index (χ2n) is 3.17. The third-order valence-corrected chi connectivity index (χ3v) is 2.07. The molecule has 0 aliphatic carbocycles. The Balaban J connectivity index is 2.93. The molecule has 13 heavy (non-hydrogen) atoms. The van der Waals surface area contributed by atoms with Gasteiger partial charge in [-0.15, -0.1) is 0 Å². The predicted octanol–water partition coefficient (Wildman–Crippen LogP) is 2.65. The van der Waals surface area contributed by atoms with E-state index >= 15 is 0 Å². The van der Waals surface area contributed by atoms with Gasteiger partial charge in [-0.05, 0) is 25.0 Å². The van der Waals surface area contributed by atoms with Crippen molar-refractivity contribution in [1.29, 1.82) is 0 Å². The quantitative estimate of drug-likeness (QED) is 0.739. The first-order valence-corrected chi connectivity index (χ1v) is 4.51. The van der Waals surface area contributed by atoms with E-state index in [0.717, 1.165) is 16.8 Å². The fourth-order valence-corrected chi connectivity index (χ4v) is 1.24. The van der Waals surface area contributed by atoms with Crippen LogP contribution in [-0.2, 0) is 4.79 Å². The van der Waals surface area contributed by atoms with Gasteiger partial charge in [0.1, 0.15) is 0 Å². The molecule has 2 nitrogen and oxygen atoms in total. The number of carbonyl (C=O) groups is 1. The van der Waals surface area contributed by atoms with Gasteiger partial charge >= 0.3 is 0 Å². The molecule has 1 aromatic rings. The van der Waals surface area contributed by atoms with E-state index < -0.39 is 0 Å². The molecule has 0 spiro atoms. The van der Waals surface area contributed by atoms with Crippen molar-refractivity contribution in [1.82, 2.24) is 0 Å². The molecule has 0 unspecified atom stereocenters. The smallest absolute Gasteiger partial charge is 0.224 e. The molecule has 0 aliphatic rings. The third kappa shape index (κ3) is 2.31. The highest BCUT2D eigenvalue weighted by Gasteiger charge is 2.04. The van der Waals surface area contributed by atoms with Gasteiger partial charge in [0, 0.05) is 12.1 Å². The van der Waals surface area contributed by atoms with Crippen molar-refractivity contribution in [3.05, 3.63) is 29.3 Å². The summed E-state index contributed by atoms with van der Waals surface area (Å²) in [6, 6.07) is 5.99. The maximum absolute atomic E-state index is 11.2. The Kier molecular flexibility index (Phi) is 3.07. The molecule has 0 heterocycles. The molecule has 0 atom stereocenters. The molecule has 0 bridgehead atoms. The lowest BCUT2D eigenvalue weighted by molar-refractivity contribution is -0.115. The van der Waals surface area contributed by atoms with Gasteiger partial charge in [-0.2, -0.15) is 0 Å². The Bertz CT molecular complexity index is 298. The Morgan fingerprint density at radius 1 is 1.31 bits per heavy atom. The summed E-state index contributed by atoms with van der Waals surface area (Å²) in [4.78, 5) is 11.2. The summed E-state index contributed by atoms with van der Waals surface area (Å²) in [7, 11) is 0. The van der Waals surface area contributed by atoms with Gasteiger partial charge in [0.25, 0.3) is 0 Å². The van der Waals surface area contributed by atoms with Crippen molar-refractivity contribution >= 4 is 11.6 Å². The van der Waals surface area contributed by atoms with Crippen LogP contribution in [0.4, 0.5) is 5.69 Å². The van der Waals surface area contributed by atoms with E-state index in [-0.39, 0.29) is 5.91 Å². The molecule has 1 N–H and O–H groups in total. The van der Waals surface area contributed by atoms with Crippen LogP contribution in [0.25, 0.3) is 0 Å². The number of anilines is 1. The molecule has 70 valence electrons. The van der Waals surface area contributed by atoms with Crippen molar-refractivity contribution in [3.63, 3.8) is 0 Å². The molecule has 1 amide bonds. The van der Waals surface area contributed by atoms with Crippen LogP contribution in [-0.4, -0.2) is 5.91 Å². The second-order valence-corrected chi connectivity index (χ2v) is 3.17. The van der Waals surface area contributed by atoms with Gasteiger partial charge in [0.2, 0.25) is 5.91 Å². The van der Waals surface area contributed by atoms with E-state index in [9.17, 15) is 4.79 Å². The molecule has 2 heteroatoms. The molecule has 0 saturated carbocycles. The minimum atomic E-state index is 0.0670. The average molecular weight is 177 g/mol. The minimum Gasteiger partial charge on any atom is -0.326 e. The lowest BCUT2D eigenvalue weighted by Crippen LogP contribution is -2.11. The molecular formula is C11H15NO. The van der Waals surface area contributed by atoms with E-state index in [0.29, 0.717) is 6.42 Å². The van der Waals surface area contributed by atoms with Crippen molar-refractivity contribution in [3.8, 4) is 0 Å². The highest BCUT2D eigenvalue weighted by atomic mass is 16.1. The van der Waals surface area contributed by atoms with Crippen molar-refractivity contribution in [2.75, 3.05) is 5.32 Å². The summed E-state index contributed by atoms with van der Waals surface area (Å²) < 4.78 is 0. The molecule has 1 rings (SSSR count). The van der Waals surface area contributed by atoms with Crippen LogP contribution in [0.2, 0.25) is 0 Å². The predicted molar refractivity (Wildman–Crippen MR) is 54.8 cm³/mol. The molecular weight excluding hydrogens is 162 g/mol. The zero-order valence-corrected chi connectivity index (χ0v) is 8.35. The van der Waals surface area contributed by atoms with Gasteiger partial charge in [-0.25, -0.2) is 0 Å². The maximum Gasteiger partial charge on any atom is 0.224 e. The van der Waals surface area contributed by atoms with Gasteiger partial charge in [-0.3, -0.25) is 4.79 Å². The minimum absolute atomic E-state index is 0.0670. The number of hydrogen-bond acceptors (Lipinski definition) is 1. The fourth-order valence-electron chi connectivity index (χ4n) is 1.24. The standard InChI is InChI=1S/C11H15NO/c1-4-10(13)12-11-8(2)6-5-7-9(11)3/h5-7H,4H2,1-3H3,(H,12,13). The topological polar surface area (TPSA) is 29.1 Å². The van der Waals surface area contributed by atoms with Gasteiger partial charge < -0.3 is 5.32 Å². The van der Waals surface area contributed by atoms with Crippen molar-refractivity contribution in [2.24, 2.45) is 0 Å². The Labute approximate surface area is 79.0 Å². The first kappa shape index (κ1) is 9.78. The highest BCUT2D eigenvalue weighted by Crippen LogP contribution is 2.19. The third-order valence-electron chi connectivity index (χ3n) is 2.07. The van der Waals surface area contributed by atoms with Crippen LogP contribution in [0.1, 0.15) is 24.5 Å². The van der Waals surface area contributed by atoms with Gasteiger partial charge in [0.15, 0.2) is 0 Å². The zero-order chi connectivity index (χ0) is 9.84. The van der Waals surface area contributed by atoms with E-state index in [1.807, 2.05) is 39.0 Å². The van der Waals surface area contributed by atoms with E-state index in [4.69, 9.17) is 0 Å². The lowest BCUT2D eigenvalue weighted by Gasteiger charge is -2.10. The van der Waals surface area contributed by atoms with Crippen LogP contribution in [0.3, 0.4) is 0 Å². The second kappa shape index (κ2) is 4.08. The fraction of sp³-hybridized carbons (Fsp3) is 0.364. The van der Waals surface area contributed by atoms with Gasteiger partial charge in [0.05, 0.1) is 0 Å². The number of aryl methyl sites for hydroxylation is 2. The van der Waals surface area contributed by atoms with Crippen LogP contribution < -0.4 is 5.32 Å². The number of amides is 1. The van der Waals surface area contributed by atoms with Crippen LogP contribution in [0.5, 0.6) is 0 Å². The van der Waals surface area contributed by atoms with Crippen molar-refractivity contribution in [2.45, 2.75) is 27.2 Å². The SMILES string of the molecule is CCC(=O)Nc1c(C)cccc1C. The summed E-state index contributed by atoms with van der Waals surface area (Å²) in [5.41, 5.74) is 3.18.